The molecule has 0 radical (unpaired) electrons. The Hall–Kier alpha value is -3.02. The Morgan fingerprint density at radius 2 is 1.33 bits per heavy atom. The molecule has 2 aromatic rings. The summed E-state index contributed by atoms with van der Waals surface area (Å²) in [6.07, 6.45) is 7.72. The Labute approximate surface area is 172 Å². The number of hydrogen-bond acceptors (Lipinski definition) is 2. The van der Waals surface area contributed by atoms with E-state index in [-0.39, 0.29) is 12.8 Å². The third kappa shape index (κ3) is 4.13. The number of fused-ring (bicyclic) bond motifs is 1. The first-order chi connectivity index (χ1) is 14.4. The monoisotopic (exact) mass is 415 g/mol. The van der Waals surface area contributed by atoms with E-state index in [1.807, 2.05) is 30.6 Å². The Morgan fingerprint density at radius 3 is 1.77 bits per heavy atom. The maximum Gasteiger partial charge on any atom is 0.254 e. The Bertz CT molecular complexity index is 902. The first-order valence-corrected chi connectivity index (χ1v) is 9.51. The molecular formula is C24H21F4NO. The summed E-state index contributed by atoms with van der Waals surface area (Å²) in [6.45, 7) is 0. The molecule has 2 aliphatic carbocycles. The largest absolute Gasteiger partial charge is 0.297 e. The summed E-state index contributed by atoms with van der Waals surface area (Å²) in [5, 5.41) is 2.45. The molecule has 30 heavy (non-hydrogen) atoms. The summed E-state index contributed by atoms with van der Waals surface area (Å²) in [4.78, 5) is 16.6. The van der Waals surface area contributed by atoms with Crippen molar-refractivity contribution in [1.82, 2.24) is 4.98 Å². The quantitative estimate of drug-likeness (QED) is 0.547. The van der Waals surface area contributed by atoms with E-state index in [0.717, 1.165) is 12.2 Å². The number of pyridine rings is 1. The molecule has 6 heteroatoms. The lowest BCUT2D eigenvalue weighted by Crippen LogP contribution is -2.49. The van der Waals surface area contributed by atoms with Gasteiger partial charge in [0, 0.05) is 12.4 Å². The topological polar surface area (TPSA) is 30.0 Å². The highest BCUT2D eigenvalue weighted by atomic mass is 19.3. The molecule has 2 aliphatic rings. The van der Waals surface area contributed by atoms with Crippen molar-refractivity contribution in [3.8, 4) is 0 Å². The maximum absolute atomic E-state index is 13.4. The van der Waals surface area contributed by atoms with Crippen LogP contribution in [-0.2, 0) is 4.79 Å². The van der Waals surface area contributed by atoms with E-state index >= 15 is 0 Å². The van der Waals surface area contributed by atoms with Gasteiger partial charge in [-0.15, -0.1) is 0 Å². The maximum atomic E-state index is 13.4. The SMILES string of the molecule is O=C(C1(C(F)F)C=CC=CC1)C1(C(F)F)C=CC=CC1.c1ccc2cnccc2c1. The molecule has 0 amide bonds. The van der Waals surface area contributed by atoms with Gasteiger partial charge in [0.15, 0.2) is 5.78 Å². The van der Waals surface area contributed by atoms with Crippen LogP contribution in [0.1, 0.15) is 12.8 Å². The van der Waals surface area contributed by atoms with Gasteiger partial charge < -0.3 is 0 Å². The number of halogens is 4. The van der Waals surface area contributed by atoms with Gasteiger partial charge >= 0.3 is 0 Å². The number of ketones is 1. The second-order valence-corrected chi connectivity index (χ2v) is 7.22. The number of alkyl halides is 4. The van der Waals surface area contributed by atoms with Crippen molar-refractivity contribution in [2.75, 3.05) is 0 Å². The highest BCUT2D eigenvalue weighted by Crippen LogP contribution is 2.47. The molecule has 1 heterocycles. The number of carbonyl (C=O) groups is 1. The number of carbonyl (C=O) groups excluding carboxylic acids is 1. The van der Waals surface area contributed by atoms with E-state index in [2.05, 4.69) is 17.1 Å². The normalized spacial score (nSPS) is 24.9. The minimum absolute atomic E-state index is 0.258. The standard InChI is InChI=1S/C15H14F4O.C9H7N/c16-12(17)14(7-3-1-4-8-14)11(20)15(13(18)19)9-5-2-6-10-15;1-2-4-9-7-10-6-5-8(9)3-1/h1-7,9,12-13H,8,10H2;1-7H. The van der Waals surface area contributed by atoms with Gasteiger partial charge in [0.25, 0.3) is 12.9 Å². The molecular weight excluding hydrogens is 394 g/mol. The fourth-order valence-electron chi connectivity index (χ4n) is 3.59. The average molecular weight is 415 g/mol. The van der Waals surface area contributed by atoms with Crippen molar-refractivity contribution in [2.45, 2.75) is 25.7 Å². The average Bonchev–Trinajstić information content (AvgIpc) is 2.79. The lowest BCUT2D eigenvalue weighted by atomic mass is 9.64. The molecule has 0 spiro atoms. The smallest absolute Gasteiger partial charge is 0.254 e. The first kappa shape index (κ1) is 21.7. The Kier molecular flexibility index (Phi) is 6.65. The van der Waals surface area contributed by atoms with Crippen LogP contribution in [0, 0.1) is 10.8 Å². The molecule has 2 atom stereocenters. The molecule has 2 nitrogen and oxygen atoms in total. The molecule has 156 valence electrons. The zero-order valence-electron chi connectivity index (χ0n) is 16.1. The van der Waals surface area contributed by atoms with E-state index in [1.165, 1.54) is 47.2 Å². The predicted octanol–water partition coefficient (Wildman–Crippen LogP) is 6.33. The molecule has 0 N–H and O–H groups in total. The van der Waals surface area contributed by atoms with E-state index < -0.39 is 29.5 Å². The second kappa shape index (κ2) is 9.20. The number of benzene rings is 1. The van der Waals surface area contributed by atoms with E-state index in [1.54, 1.807) is 0 Å². The number of allylic oxidation sites excluding steroid dienone is 8. The summed E-state index contributed by atoms with van der Waals surface area (Å²) < 4.78 is 53.7. The Balaban J connectivity index is 0.000000212. The fourth-order valence-corrected chi connectivity index (χ4v) is 3.59. The van der Waals surface area contributed by atoms with Gasteiger partial charge in [0.05, 0.1) is 0 Å². The highest BCUT2D eigenvalue weighted by Gasteiger charge is 2.56. The van der Waals surface area contributed by atoms with Crippen LogP contribution in [0.25, 0.3) is 10.8 Å². The summed E-state index contributed by atoms with van der Waals surface area (Å²) in [6, 6.07) is 10.2. The van der Waals surface area contributed by atoms with Crippen LogP contribution in [0.3, 0.4) is 0 Å². The minimum Gasteiger partial charge on any atom is -0.297 e. The number of hydrogen-bond donors (Lipinski definition) is 0. The fraction of sp³-hybridized carbons (Fsp3) is 0.250. The van der Waals surface area contributed by atoms with Gasteiger partial charge in [0.2, 0.25) is 0 Å². The molecule has 0 fully saturated rings. The van der Waals surface area contributed by atoms with Gasteiger partial charge in [-0.05, 0) is 29.7 Å². The van der Waals surface area contributed by atoms with E-state index in [0.29, 0.717) is 0 Å². The van der Waals surface area contributed by atoms with Crippen molar-refractivity contribution in [1.29, 1.82) is 0 Å². The first-order valence-electron chi connectivity index (χ1n) is 9.51. The van der Waals surface area contributed by atoms with Crippen LogP contribution in [0.15, 0.2) is 91.3 Å². The predicted molar refractivity (Wildman–Crippen MR) is 109 cm³/mol. The van der Waals surface area contributed by atoms with Crippen molar-refractivity contribution in [2.24, 2.45) is 10.8 Å². The van der Waals surface area contributed by atoms with Gasteiger partial charge in [-0.3, -0.25) is 9.78 Å². The summed E-state index contributed by atoms with van der Waals surface area (Å²) in [5.74, 6) is -1.11. The van der Waals surface area contributed by atoms with Crippen LogP contribution in [-0.4, -0.2) is 23.6 Å². The summed E-state index contributed by atoms with van der Waals surface area (Å²) in [7, 11) is 0. The van der Waals surface area contributed by atoms with Crippen LogP contribution in [0.5, 0.6) is 0 Å². The lowest BCUT2D eigenvalue weighted by Gasteiger charge is -2.38. The summed E-state index contributed by atoms with van der Waals surface area (Å²) >= 11 is 0. The second-order valence-electron chi connectivity index (χ2n) is 7.22. The van der Waals surface area contributed by atoms with E-state index in [4.69, 9.17) is 0 Å². The molecule has 1 aromatic heterocycles. The zero-order valence-corrected chi connectivity index (χ0v) is 16.1. The van der Waals surface area contributed by atoms with Crippen LogP contribution in [0.2, 0.25) is 0 Å². The van der Waals surface area contributed by atoms with Crippen molar-refractivity contribution in [3.63, 3.8) is 0 Å². The van der Waals surface area contributed by atoms with Gasteiger partial charge in [0.1, 0.15) is 10.8 Å². The molecule has 1 aromatic carbocycles. The third-order valence-corrected chi connectivity index (χ3v) is 5.37. The zero-order chi connectivity index (χ0) is 21.6. The van der Waals surface area contributed by atoms with Crippen molar-refractivity contribution in [3.05, 3.63) is 91.3 Å². The molecule has 0 aliphatic heterocycles. The van der Waals surface area contributed by atoms with Gasteiger partial charge in [-0.1, -0.05) is 72.9 Å². The number of nitrogens with zero attached hydrogens (tertiary/aromatic N) is 1. The van der Waals surface area contributed by atoms with Crippen molar-refractivity contribution < 1.29 is 22.4 Å². The number of aromatic nitrogens is 1. The van der Waals surface area contributed by atoms with Crippen LogP contribution < -0.4 is 0 Å². The van der Waals surface area contributed by atoms with Crippen molar-refractivity contribution >= 4 is 16.6 Å². The minimum atomic E-state index is -3.02. The molecule has 0 saturated heterocycles. The van der Waals surface area contributed by atoms with Crippen LogP contribution in [0.4, 0.5) is 17.6 Å². The third-order valence-electron chi connectivity index (χ3n) is 5.37. The molecule has 4 rings (SSSR count). The van der Waals surface area contributed by atoms with Crippen LogP contribution >= 0.6 is 0 Å². The Morgan fingerprint density at radius 1 is 0.800 bits per heavy atom. The lowest BCUT2D eigenvalue weighted by molar-refractivity contribution is -0.149. The molecule has 0 bridgehead atoms. The molecule has 2 unspecified atom stereocenters. The molecule has 0 saturated carbocycles. The van der Waals surface area contributed by atoms with E-state index in [9.17, 15) is 22.4 Å². The number of rotatable bonds is 4. The van der Waals surface area contributed by atoms with Gasteiger partial charge in [-0.25, -0.2) is 17.6 Å². The van der Waals surface area contributed by atoms with Gasteiger partial charge in [-0.2, -0.15) is 0 Å². The summed E-state index contributed by atoms with van der Waals surface area (Å²) in [5.41, 5.74) is -4.33. The highest BCUT2D eigenvalue weighted by molar-refractivity contribution is 5.95. The number of Topliss-reactive ketones (excluding diaryl/α,β-unsaturated/α-hetero) is 1.